The van der Waals surface area contributed by atoms with Crippen molar-refractivity contribution in [2.24, 2.45) is 0 Å². The fourth-order valence-electron chi connectivity index (χ4n) is 5.21. The number of unbranched alkanes of at least 4 members (excludes halogenated alkanes) is 22. The maximum absolute atomic E-state index is 4.52. The van der Waals surface area contributed by atoms with Crippen LogP contribution in [0.2, 0.25) is 0 Å². The maximum atomic E-state index is 4.52. The lowest BCUT2D eigenvalue weighted by Crippen LogP contribution is -1.87. The van der Waals surface area contributed by atoms with Crippen LogP contribution in [0.25, 0.3) is 0 Å². The molecule has 2 aromatic heterocycles. The largest absolute Gasteiger partial charge is 0.247 e. The van der Waals surface area contributed by atoms with Gasteiger partial charge in [0.25, 0.3) is 0 Å². The lowest BCUT2D eigenvalue weighted by molar-refractivity contribution is 0.543. The molecule has 0 atom stereocenters. The number of halogens is 1. The van der Waals surface area contributed by atoms with Crippen LogP contribution in [0.1, 0.15) is 184 Å². The summed E-state index contributed by atoms with van der Waals surface area (Å²) in [5, 5.41) is 5.59. The van der Waals surface area contributed by atoms with Gasteiger partial charge in [0.15, 0.2) is 3.92 Å². The zero-order valence-corrected chi connectivity index (χ0v) is 29.8. The molecule has 0 saturated carbocycles. The first kappa shape index (κ1) is 37.8. The summed E-state index contributed by atoms with van der Waals surface area (Å²) in [7, 11) is 0. The Morgan fingerprint density at radius 3 is 1.10 bits per heavy atom. The summed E-state index contributed by atoms with van der Waals surface area (Å²) in [5.74, 6) is 0. The predicted molar refractivity (Wildman–Crippen MR) is 186 cm³/mol. The highest BCUT2D eigenvalue weighted by Gasteiger charge is 2.00. The van der Waals surface area contributed by atoms with E-state index in [0.29, 0.717) is 0 Å². The monoisotopic (exact) mass is 654 g/mol. The van der Waals surface area contributed by atoms with Crippen LogP contribution in [0.5, 0.6) is 0 Å². The van der Waals surface area contributed by atoms with Gasteiger partial charge in [0.2, 0.25) is 0 Å². The van der Waals surface area contributed by atoms with Crippen molar-refractivity contribution in [2.75, 3.05) is 0 Å². The van der Waals surface area contributed by atoms with E-state index in [1.807, 2.05) is 0 Å². The van der Waals surface area contributed by atoms with Crippen molar-refractivity contribution in [1.29, 1.82) is 0 Å². The second-order valence-electron chi connectivity index (χ2n) is 11.7. The van der Waals surface area contributed by atoms with E-state index >= 15 is 0 Å². The van der Waals surface area contributed by atoms with Gasteiger partial charge in [0.1, 0.15) is 0 Å². The Balaban J connectivity index is 0.000000400. The third-order valence-corrected chi connectivity index (χ3v) is 10.00. The third-order valence-electron chi connectivity index (χ3n) is 7.76. The van der Waals surface area contributed by atoms with Crippen molar-refractivity contribution in [2.45, 2.75) is 188 Å². The molecule has 2 aromatic rings. The Bertz CT molecular complexity index is 709. The highest BCUT2D eigenvalue weighted by molar-refractivity contribution is 9.11. The standard InChI is InChI=1S/C18H33NS.C17H30BrNS/c1-3-4-5-6-7-8-9-10-11-12-13-14-15-18-16-20-17(2)19-18;1-2-3-4-5-6-7-8-9-10-11-12-13-14-16-15-20-17(18)19-16/h16H,3-15H2,1-2H3;15H,2-14H2,1H3. The molecule has 0 unspecified atom stereocenters. The Kier molecular flexibility index (Phi) is 27.2. The van der Waals surface area contributed by atoms with E-state index in [1.54, 1.807) is 22.7 Å². The number of rotatable bonds is 26. The van der Waals surface area contributed by atoms with Crippen LogP contribution in [0.4, 0.5) is 0 Å². The summed E-state index contributed by atoms with van der Waals surface area (Å²) in [6, 6.07) is 0. The van der Waals surface area contributed by atoms with Gasteiger partial charge in [-0.05, 0) is 48.5 Å². The lowest BCUT2D eigenvalue weighted by Gasteiger charge is -2.02. The second-order valence-corrected chi connectivity index (χ2v) is 14.9. The molecule has 2 heterocycles. The Morgan fingerprint density at radius 2 is 0.800 bits per heavy atom. The average Bonchev–Trinajstić information content (AvgIpc) is 3.57. The van der Waals surface area contributed by atoms with Gasteiger partial charge in [-0.25, -0.2) is 9.97 Å². The van der Waals surface area contributed by atoms with Crippen LogP contribution in [-0.4, -0.2) is 9.97 Å². The van der Waals surface area contributed by atoms with Gasteiger partial charge in [0.05, 0.1) is 16.4 Å². The van der Waals surface area contributed by atoms with Gasteiger partial charge < -0.3 is 0 Å². The molecule has 0 spiro atoms. The van der Waals surface area contributed by atoms with E-state index in [4.69, 9.17) is 0 Å². The zero-order valence-electron chi connectivity index (χ0n) is 26.6. The minimum Gasteiger partial charge on any atom is -0.247 e. The van der Waals surface area contributed by atoms with Crippen LogP contribution in [-0.2, 0) is 12.8 Å². The molecule has 0 fully saturated rings. The first-order valence-electron chi connectivity index (χ1n) is 17.2. The molecular weight excluding hydrogens is 592 g/mol. The molecule has 0 bridgehead atoms. The molecule has 5 heteroatoms. The zero-order chi connectivity index (χ0) is 28.9. The van der Waals surface area contributed by atoms with Crippen LogP contribution in [0.15, 0.2) is 14.7 Å². The van der Waals surface area contributed by atoms with Crippen molar-refractivity contribution in [3.8, 4) is 0 Å². The van der Waals surface area contributed by atoms with E-state index in [-0.39, 0.29) is 0 Å². The Morgan fingerprint density at radius 1 is 0.475 bits per heavy atom. The van der Waals surface area contributed by atoms with Crippen molar-refractivity contribution >= 4 is 38.6 Å². The summed E-state index contributed by atoms with van der Waals surface area (Å²) in [5.41, 5.74) is 2.56. The number of aryl methyl sites for hydroxylation is 3. The van der Waals surface area contributed by atoms with Gasteiger partial charge in [-0.3, -0.25) is 0 Å². The molecule has 0 radical (unpaired) electrons. The Hall–Kier alpha value is -0.260. The SMILES string of the molecule is CCCCCCCCCCCCCCc1csc(Br)n1.CCCCCCCCCCCCCCc1csc(C)n1. The van der Waals surface area contributed by atoms with Crippen LogP contribution in [0.3, 0.4) is 0 Å². The molecule has 0 aromatic carbocycles. The van der Waals surface area contributed by atoms with E-state index in [0.717, 1.165) is 10.3 Å². The summed E-state index contributed by atoms with van der Waals surface area (Å²) in [6.45, 7) is 6.67. The molecule has 40 heavy (non-hydrogen) atoms. The average molecular weight is 656 g/mol. The molecule has 0 saturated heterocycles. The number of thiazole rings is 2. The van der Waals surface area contributed by atoms with Gasteiger partial charge in [-0.1, -0.05) is 155 Å². The van der Waals surface area contributed by atoms with E-state index < -0.39 is 0 Å². The number of hydrogen-bond acceptors (Lipinski definition) is 4. The first-order valence-corrected chi connectivity index (χ1v) is 19.7. The van der Waals surface area contributed by atoms with Crippen LogP contribution < -0.4 is 0 Å². The van der Waals surface area contributed by atoms with Crippen LogP contribution in [0, 0.1) is 6.92 Å². The fraction of sp³-hybridized carbons (Fsp3) is 0.829. The minimum absolute atomic E-state index is 1.02. The van der Waals surface area contributed by atoms with Crippen molar-refractivity contribution in [1.82, 2.24) is 9.97 Å². The summed E-state index contributed by atoms with van der Waals surface area (Å²) in [6.07, 6.45) is 36.4. The highest BCUT2D eigenvalue weighted by Crippen LogP contribution is 2.18. The lowest BCUT2D eigenvalue weighted by atomic mass is 10.0. The van der Waals surface area contributed by atoms with E-state index in [2.05, 4.69) is 57.4 Å². The van der Waals surface area contributed by atoms with Gasteiger partial charge in [-0.15, -0.1) is 22.7 Å². The van der Waals surface area contributed by atoms with Crippen LogP contribution >= 0.6 is 38.6 Å². The normalized spacial score (nSPS) is 11.1. The van der Waals surface area contributed by atoms with Gasteiger partial charge >= 0.3 is 0 Å². The van der Waals surface area contributed by atoms with Crippen molar-refractivity contribution in [3.05, 3.63) is 31.1 Å². The summed E-state index contributed by atoms with van der Waals surface area (Å²) >= 11 is 6.89. The van der Waals surface area contributed by atoms with Gasteiger partial charge in [0, 0.05) is 10.8 Å². The summed E-state index contributed by atoms with van der Waals surface area (Å²) < 4.78 is 1.02. The first-order chi connectivity index (χ1) is 19.7. The molecular formula is C35H63BrN2S2. The molecule has 2 rings (SSSR count). The van der Waals surface area contributed by atoms with Crippen molar-refractivity contribution < 1.29 is 0 Å². The third kappa shape index (κ3) is 24.3. The predicted octanol–water partition coefficient (Wildman–Crippen LogP) is 13.8. The van der Waals surface area contributed by atoms with Crippen molar-refractivity contribution in [3.63, 3.8) is 0 Å². The number of hydrogen-bond donors (Lipinski definition) is 0. The molecule has 232 valence electrons. The Labute approximate surface area is 266 Å². The molecule has 2 nitrogen and oxygen atoms in total. The smallest absolute Gasteiger partial charge is 0.159 e. The number of aromatic nitrogens is 2. The molecule has 0 amide bonds. The fourth-order valence-corrected chi connectivity index (χ4v) is 6.94. The minimum atomic E-state index is 1.02. The maximum Gasteiger partial charge on any atom is 0.159 e. The quantitative estimate of drug-likeness (QED) is 0.0943. The topological polar surface area (TPSA) is 25.8 Å². The number of nitrogens with zero attached hydrogens (tertiary/aromatic N) is 2. The highest BCUT2D eigenvalue weighted by atomic mass is 79.9. The van der Waals surface area contributed by atoms with E-state index in [1.165, 1.54) is 177 Å². The second kappa shape index (κ2) is 28.8. The van der Waals surface area contributed by atoms with E-state index in [9.17, 15) is 0 Å². The molecule has 0 aliphatic carbocycles. The van der Waals surface area contributed by atoms with Gasteiger partial charge in [-0.2, -0.15) is 0 Å². The summed E-state index contributed by atoms with van der Waals surface area (Å²) in [4.78, 5) is 8.95. The molecule has 0 N–H and O–H groups in total. The molecule has 0 aliphatic heterocycles. The molecule has 0 aliphatic rings.